The third kappa shape index (κ3) is 5.37. The lowest BCUT2D eigenvalue weighted by molar-refractivity contribution is 0.217. The topological polar surface area (TPSA) is 43.4 Å². The lowest BCUT2D eigenvalue weighted by Crippen LogP contribution is -2.24. The van der Waals surface area contributed by atoms with Crippen molar-refractivity contribution in [1.29, 1.82) is 0 Å². The SMILES string of the molecule is Cc1cccc(OCC(CS(=O)(=O)Cl)C(C)C)c1F. The monoisotopic (exact) mass is 308 g/mol. The second kappa shape index (κ2) is 6.57. The van der Waals surface area contributed by atoms with E-state index < -0.39 is 14.9 Å². The molecule has 0 spiro atoms. The zero-order valence-electron chi connectivity index (χ0n) is 11.2. The van der Waals surface area contributed by atoms with Crippen LogP contribution in [0.1, 0.15) is 19.4 Å². The fourth-order valence-corrected chi connectivity index (χ4v) is 3.10. The fourth-order valence-electron chi connectivity index (χ4n) is 1.62. The van der Waals surface area contributed by atoms with E-state index in [0.29, 0.717) is 5.56 Å². The third-order valence-electron chi connectivity index (χ3n) is 2.97. The van der Waals surface area contributed by atoms with E-state index in [0.717, 1.165) is 0 Å². The van der Waals surface area contributed by atoms with Crippen LogP contribution in [-0.4, -0.2) is 20.8 Å². The molecule has 6 heteroatoms. The van der Waals surface area contributed by atoms with Crippen molar-refractivity contribution in [3.63, 3.8) is 0 Å². The summed E-state index contributed by atoms with van der Waals surface area (Å²) in [6.07, 6.45) is 0. The maximum Gasteiger partial charge on any atom is 0.233 e. The molecule has 0 aliphatic rings. The standard InChI is InChI=1S/C13H18ClFO3S/c1-9(2)11(8-19(14,16)17)7-18-12-6-4-5-10(3)13(12)15/h4-6,9,11H,7-8H2,1-3H3. The number of halogens is 2. The van der Waals surface area contributed by atoms with Gasteiger partial charge in [-0.05, 0) is 24.5 Å². The lowest BCUT2D eigenvalue weighted by Gasteiger charge is -2.20. The van der Waals surface area contributed by atoms with Gasteiger partial charge in [0.2, 0.25) is 9.05 Å². The van der Waals surface area contributed by atoms with E-state index in [9.17, 15) is 12.8 Å². The average Bonchev–Trinajstić information content (AvgIpc) is 2.27. The Kier molecular flexibility index (Phi) is 5.62. The van der Waals surface area contributed by atoms with E-state index in [1.807, 2.05) is 13.8 Å². The molecule has 0 aliphatic heterocycles. The van der Waals surface area contributed by atoms with E-state index in [-0.39, 0.29) is 29.9 Å². The van der Waals surface area contributed by atoms with E-state index in [4.69, 9.17) is 15.4 Å². The molecule has 0 heterocycles. The molecular formula is C13H18ClFO3S. The van der Waals surface area contributed by atoms with Crippen LogP contribution in [-0.2, 0) is 9.05 Å². The molecule has 19 heavy (non-hydrogen) atoms. The first kappa shape index (κ1) is 16.2. The van der Waals surface area contributed by atoms with Crippen LogP contribution in [0.3, 0.4) is 0 Å². The molecule has 0 aromatic heterocycles. The van der Waals surface area contributed by atoms with E-state index in [1.165, 1.54) is 6.07 Å². The molecule has 1 atom stereocenters. The van der Waals surface area contributed by atoms with Gasteiger partial charge in [-0.25, -0.2) is 12.8 Å². The molecule has 108 valence electrons. The van der Waals surface area contributed by atoms with Crippen LogP contribution in [0.5, 0.6) is 5.75 Å². The van der Waals surface area contributed by atoms with Crippen LogP contribution < -0.4 is 4.74 Å². The number of aryl methyl sites for hydroxylation is 1. The van der Waals surface area contributed by atoms with Gasteiger partial charge < -0.3 is 4.74 Å². The second-order valence-corrected chi connectivity index (χ2v) is 7.73. The van der Waals surface area contributed by atoms with Gasteiger partial charge in [0.05, 0.1) is 12.4 Å². The Balaban J connectivity index is 2.74. The molecule has 0 saturated heterocycles. The van der Waals surface area contributed by atoms with Gasteiger partial charge in [-0.15, -0.1) is 0 Å². The lowest BCUT2D eigenvalue weighted by atomic mass is 9.99. The van der Waals surface area contributed by atoms with Gasteiger partial charge in [-0.2, -0.15) is 0 Å². The average molecular weight is 309 g/mol. The third-order valence-corrected chi connectivity index (χ3v) is 4.17. The van der Waals surface area contributed by atoms with Gasteiger partial charge in [0.25, 0.3) is 0 Å². The first-order valence-electron chi connectivity index (χ1n) is 6.01. The van der Waals surface area contributed by atoms with Crippen molar-refractivity contribution in [2.24, 2.45) is 11.8 Å². The number of hydrogen-bond acceptors (Lipinski definition) is 3. The van der Waals surface area contributed by atoms with Crippen LogP contribution in [0, 0.1) is 24.6 Å². The smallest absolute Gasteiger partial charge is 0.233 e. The highest BCUT2D eigenvalue weighted by atomic mass is 35.7. The summed E-state index contributed by atoms with van der Waals surface area (Å²) in [5.41, 5.74) is 0.489. The summed E-state index contributed by atoms with van der Waals surface area (Å²) in [4.78, 5) is 0. The second-order valence-electron chi connectivity index (χ2n) is 4.91. The highest BCUT2D eigenvalue weighted by Gasteiger charge is 2.21. The maximum atomic E-state index is 13.7. The summed E-state index contributed by atoms with van der Waals surface area (Å²) in [6, 6.07) is 4.86. The number of rotatable bonds is 6. The van der Waals surface area contributed by atoms with Crippen LogP contribution in [0.2, 0.25) is 0 Å². The minimum atomic E-state index is -3.59. The Labute approximate surface area is 118 Å². The van der Waals surface area contributed by atoms with Gasteiger partial charge in [0.1, 0.15) is 0 Å². The van der Waals surface area contributed by atoms with Gasteiger partial charge in [-0.3, -0.25) is 0 Å². The largest absolute Gasteiger partial charge is 0.490 e. The molecule has 1 unspecified atom stereocenters. The predicted molar refractivity (Wildman–Crippen MR) is 74.6 cm³/mol. The molecule has 0 N–H and O–H groups in total. The van der Waals surface area contributed by atoms with Gasteiger partial charge in [0, 0.05) is 16.6 Å². The quantitative estimate of drug-likeness (QED) is 0.757. The molecule has 0 aliphatic carbocycles. The van der Waals surface area contributed by atoms with Crippen molar-refractivity contribution >= 4 is 19.7 Å². The van der Waals surface area contributed by atoms with E-state index in [1.54, 1.807) is 19.1 Å². The number of benzene rings is 1. The van der Waals surface area contributed by atoms with Crippen LogP contribution in [0.4, 0.5) is 4.39 Å². The van der Waals surface area contributed by atoms with Crippen molar-refractivity contribution in [3.05, 3.63) is 29.6 Å². The highest BCUT2D eigenvalue weighted by Crippen LogP contribution is 2.22. The van der Waals surface area contributed by atoms with Crippen molar-refractivity contribution in [2.75, 3.05) is 12.4 Å². The summed E-state index contributed by atoms with van der Waals surface area (Å²) < 4.78 is 41.3. The molecule has 1 aromatic carbocycles. The van der Waals surface area contributed by atoms with Gasteiger partial charge >= 0.3 is 0 Å². The minimum absolute atomic E-state index is 0.0707. The molecule has 1 aromatic rings. The Hall–Kier alpha value is -0.810. The normalized spacial score (nSPS) is 13.6. The Bertz CT molecular complexity index is 529. The van der Waals surface area contributed by atoms with Gasteiger partial charge in [0.15, 0.2) is 11.6 Å². The van der Waals surface area contributed by atoms with Crippen molar-refractivity contribution in [3.8, 4) is 5.75 Å². The van der Waals surface area contributed by atoms with E-state index in [2.05, 4.69) is 0 Å². The molecule has 0 fully saturated rings. The maximum absolute atomic E-state index is 13.7. The zero-order valence-corrected chi connectivity index (χ0v) is 12.8. The fraction of sp³-hybridized carbons (Fsp3) is 0.538. The molecule has 3 nitrogen and oxygen atoms in total. The van der Waals surface area contributed by atoms with Crippen molar-refractivity contribution in [1.82, 2.24) is 0 Å². The number of ether oxygens (including phenoxy) is 1. The molecule has 1 rings (SSSR count). The number of hydrogen-bond donors (Lipinski definition) is 0. The molecule has 0 bridgehead atoms. The molecule has 0 radical (unpaired) electrons. The van der Waals surface area contributed by atoms with Crippen LogP contribution >= 0.6 is 10.7 Å². The molecular weight excluding hydrogens is 291 g/mol. The Morgan fingerprint density at radius 1 is 1.37 bits per heavy atom. The van der Waals surface area contributed by atoms with Crippen molar-refractivity contribution < 1.29 is 17.5 Å². The summed E-state index contributed by atoms with van der Waals surface area (Å²) >= 11 is 0. The first-order valence-corrected chi connectivity index (χ1v) is 8.49. The summed E-state index contributed by atoms with van der Waals surface area (Å²) in [5, 5.41) is 0. The summed E-state index contributed by atoms with van der Waals surface area (Å²) in [6.45, 7) is 5.51. The molecule has 0 amide bonds. The van der Waals surface area contributed by atoms with E-state index >= 15 is 0 Å². The van der Waals surface area contributed by atoms with Crippen molar-refractivity contribution in [2.45, 2.75) is 20.8 Å². The summed E-state index contributed by atoms with van der Waals surface area (Å²) in [5.74, 6) is -0.667. The Morgan fingerprint density at radius 3 is 2.53 bits per heavy atom. The highest BCUT2D eigenvalue weighted by molar-refractivity contribution is 8.13. The predicted octanol–water partition coefficient (Wildman–Crippen LogP) is 3.35. The summed E-state index contributed by atoms with van der Waals surface area (Å²) in [7, 11) is 1.66. The Morgan fingerprint density at radius 2 is 2.00 bits per heavy atom. The molecule has 0 saturated carbocycles. The first-order chi connectivity index (χ1) is 8.70. The minimum Gasteiger partial charge on any atom is -0.490 e. The van der Waals surface area contributed by atoms with Gasteiger partial charge in [-0.1, -0.05) is 26.0 Å². The van der Waals surface area contributed by atoms with Crippen LogP contribution in [0.15, 0.2) is 18.2 Å². The van der Waals surface area contributed by atoms with Crippen LogP contribution in [0.25, 0.3) is 0 Å². The zero-order chi connectivity index (χ0) is 14.6.